The zero-order valence-corrected chi connectivity index (χ0v) is 16.6. The smallest absolute Gasteiger partial charge is 0.255 e. The van der Waals surface area contributed by atoms with Crippen LogP contribution < -0.4 is 10.0 Å². The third-order valence-corrected chi connectivity index (χ3v) is 6.74. The Morgan fingerprint density at radius 3 is 2.30 bits per heavy atom. The average Bonchev–Trinajstić information content (AvgIpc) is 2.66. The van der Waals surface area contributed by atoms with Crippen molar-refractivity contribution in [3.05, 3.63) is 59.2 Å². The minimum atomic E-state index is -3.56. The second kappa shape index (κ2) is 8.23. The maximum Gasteiger partial charge on any atom is 0.255 e. The second-order valence-corrected chi connectivity index (χ2v) is 8.90. The highest BCUT2D eigenvalue weighted by atomic mass is 32.2. The van der Waals surface area contributed by atoms with Crippen molar-refractivity contribution in [1.82, 2.24) is 4.72 Å². The molecule has 1 saturated carbocycles. The van der Waals surface area contributed by atoms with E-state index in [0.717, 1.165) is 42.5 Å². The van der Waals surface area contributed by atoms with Gasteiger partial charge in [0.15, 0.2) is 0 Å². The summed E-state index contributed by atoms with van der Waals surface area (Å²) < 4.78 is 27.9. The van der Waals surface area contributed by atoms with Crippen molar-refractivity contribution in [2.75, 3.05) is 5.32 Å². The van der Waals surface area contributed by atoms with Crippen LogP contribution in [0.2, 0.25) is 0 Å². The van der Waals surface area contributed by atoms with Crippen molar-refractivity contribution in [2.24, 2.45) is 0 Å². The van der Waals surface area contributed by atoms with E-state index in [2.05, 4.69) is 10.0 Å². The fourth-order valence-corrected chi connectivity index (χ4v) is 4.68. The number of hydrogen-bond acceptors (Lipinski definition) is 3. The van der Waals surface area contributed by atoms with Gasteiger partial charge in [-0.1, -0.05) is 31.4 Å². The summed E-state index contributed by atoms with van der Waals surface area (Å²) in [4.78, 5) is 12.7. The predicted octanol–water partition coefficient (Wildman–Crippen LogP) is 4.17. The quantitative estimate of drug-likeness (QED) is 0.810. The number of nitrogens with one attached hydrogen (secondary N) is 2. The van der Waals surface area contributed by atoms with Gasteiger partial charge < -0.3 is 5.32 Å². The summed E-state index contributed by atoms with van der Waals surface area (Å²) in [7, 11) is -3.56. The molecule has 0 unspecified atom stereocenters. The Morgan fingerprint density at radius 2 is 1.63 bits per heavy atom. The third kappa shape index (κ3) is 4.76. The molecule has 0 spiro atoms. The van der Waals surface area contributed by atoms with Gasteiger partial charge in [0, 0.05) is 17.3 Å². The number of benzene rings is 2. The van der Waals surface area contributed by atoms with Crippen LogP contribution in [0, 0.1) is 13.8 Å². The summed E-state index contributed by atoms with van der Waals surface area (Å²) in [5.74, 6) is -0.257. The van der Waals surface area contributed by atoms with Crippen LogP contribution in [0.25, 0.3) is 0 Å². The van der Waals surface area contributed by atoms with Crippen LogP contribution in [0.1, 0.15) is 53.6 Å². The Morgan fingerprint density at radius 1 is 0.963 bits per heavy atom. The van der Waals surface area contributed by atoms with Gasteiger partial charge in [0.1, 0.15) is 0 Å². The summed E-state index contributed by atoms with van der Waals surface area (Å²) >= 11 is 0. The summed E-state index contributed by atoms with van der Waals surface area (Å²) in [6.07, 6.45) is 5.06. The molecule has 0 radical (unpaired) electrons. The molecule has 6 heteroatoms. The average molecular weight is 387 g/mol. The first-order valence-electron chi connectivity index (χ1n) is 9.37. The zero-order valence-electron chi connectivity index (χ0n) is 15.8. The lowest BCUT2D eigenvalue weighted by atomic mass is 9.96. The zero-order chi connectivity index (χ0) is 19.4. The molecule has 0 saturated heterocycles. The monoisotopic (exact) mass is 386 g/mol. The van der Waals surface area contributed by atoms with Gasteiger partial charge in [-0.2, -0.15) is 0 Å². The molecular weight excluding hydrogens is 360 g/mol. The highest BCUT2D eigenvalue weighted by Gasteiger charge is 2.22. The standard InChI is InChI=1S/C21H26N2O3S/c1-15-7-6-10-20(16(15)2)22-21(24)17-11-13-19(14-12-17)27(25,26)23-18-8-4-3-5-9-18/h6-7,10-14,18,23H,3-5,8-9H2,1-2H3,(H,22,24). The molecule has 1 amide bonds. The van der Waals surface area contributed by atoms with Crippen molar-refractivity contribution in [3.8, 4) is 0 Å². The van der Waals surface area contributed by atoms with Crippen LogP contribution in [0.3, 0.4) is 0 Å². The van der Waals surface area contributed by atoms with Gasteiger partial charge in [-0.25, -0.2) is 13.1 Å². The van der Waals surface area contributed by atoms with Crippen molar-refractivity contribution in [3.63, 3.8) is 0 Å². The van der Waals surface area contributed by atoms with Gasteiger partial charge in [-0.15, -0.1) is 0 Å². The molecular formula is C21H26N2O3S. The van der Waals surface area contributed by atoms with Crippen LogP contribution in [0.5, 0.6) is 0 Å². The molecule has 0 bridgehead atoms. The van der Waals surface area contributed by atoms with E-state index in [4.69, 9.17) is 0 Å². The number of sulfonamides is 1. The van der Waals surface area contributed by atoms with E-state index in [1.54, 1.807) is 12.1 Å². The lowest BCUT2D eigenvalue weighted by molar-refractivity contribution is 0.102. The van der Waals surface area contributed by atoms with Crippen molar-refractivity contribution < 1.29 is 13.2 Å². The van der Waals surface area contributed by atoms with Crippen LogP contribution in [-0.4, -0.2) is 20.4 Å². The Labute approximate surface area is 161 Å². The Bertz CT molecular complexity index is 915. The van der Waals surface area contributed by atoms with Crippen LogP contribution in [0.15, 0.2) is 47.4 Å². The maximum atomic E-state index is 12.5. The van der Waals surface area contributed by atoms with Crippen molar-refractivity contribution in [2.45, 2.75) is 56.9 Å². The first-order chi connectivity index (χ1) is 12.9. The largest absolute Gasteiger partial charge is 0.322 e. The van der Waals surface area contributed by atoms with Gasteiger partial charge in [0.05, 0.1) is 4.90 Å². The molecule has 3 rings (SSSR count). The highest BCUT2D eigenvalue weighted by Crippen LogP contribution is 2.21. The molecule has 2 aromatic rings. The Hall–Kier alpha value is -2.18. The molecule has 1 fully saturated rings. The molecule has 1 aliphatic rings. The molecule has 2 N–H and O–H groups in total. The van der Waals surface area contributed by atoms with E-state index in [9.17, 15) is 13.2 Å². The second-order valence-electron chi connectivity index (χ2n) is 7.18. The van der Waals surface area contributed by atoms with Gasteiger partial charge in [-0.05, 0) is 68.1 Å². The summed E-state index contributed by atoms with van der Waals surface area (Å²) in [5, 5.41) is 2.89. The topological polar surface area (TPSA) is 75.3 Å². The number of hydrogen-bond donors (Lipinski definition) is 2. The highest BCUT2D eigenvalue weighted by molar-refractivity contribution is 7.89. The van der Waals surface area contributed by atoms with Crippen LogP contribution in [-0.2, 0) is 10.0 Å². The van der Waals surface area contributed by atoms with Crippen molar-refractivity contribution >= 4 is 21.6 Å². The molecule has 0 aromatic heterocycles. The summed E-state index contributed by atoms with van der Waals surface area (Å²) in [5.41, 5.74) is 3.30. The first-order valence-corrected chi connectivity index (χ1v) is 10.8. The minimum absolute atomic E-state index is 0.0102. The van der Waals surface area contributed by atoms with E-state index in [-0.39, 0.29) is 16.8 Å². The fourth-order valence-electron chi connectivity index (χ4n) is 3.37. The Kier molecular flexibility index (Phi) is 5.97. The maximum absolute atomic E-state index is 12.5. The van der Waals surface area contributed by atoms with Crippen LogP contribution >= 0.6 is 0 Å². The molecule has 0 aliphatic heterocycles. The minimum Gasteiger partial charge on any atom is -0.322 e. The summed E-state index contributed by atoms with van der Waals surface area (Å²) in [6, 6.07) is 11.8. The molecule has 5 nitrogen and oxygen atoms in total. The number of anilines is 1. The van der Waals surface area contributed by atoms with Crippen molar-refractivity contribution in [1.29, 1.82) is 0 Å². The SMILES string of the molecule is Cc1cccc(NC(=O)c2ccc(S(=O)(=O)NC3CCCCC3)cc2)c1C. The number of aryl methyl sites for hydroxylation is 1. The molecule has 0 atom stereocenters. The van der Waals surface area contributed by atoms with Crippen LogP contribution in [0.4, 0.5) is 5.69 Å². The third-order valence-electron chi connectivity index (χ3n) is 5.21. The molecule has 144 valence electrons. The molecule has 2 aromatic carbocycles. The number of rotatable bonds is 5. The normalized spacial score (nSPS) is 15.5. The lowest BCUT2D eigenvalue weighted by Gasteiger charge is -2.22. The fraction of sp³-hybridized carbons (Fsp3) is 0.381. The van der Waals surface area contributed by atoms with E-state index < -0.39 is 10.0 Å². The van der Waals surface area contributed by atoms with Gasteiger partial charge in [0.25, 0.3) is 5.91 Å². The van der Waals surface area contributed by atoms with E-state index in [1.807, 2.05) is 32.0 Å². The molecule has 0 heterocycles. The predicted molar refractivity (Wildman–Crippen MR) is 108 cm³/mol. The van der Waals surface area contributed by atoms with E-state index in [0.29, 0.717) is 5.56 Å². The van der Waals surface area contributed by atoms with Gasteiger partial charge >= 0.3 is 0 Å². The number of amides is 1. The molecule has 27 heavy (non-hydrogen) atoms. The lowest BCUT2D eigenvalue weighted by Crippen LogP contribution is -2.36. The summed E-state index contributed by atoms with van der Waals surface area (Å²) in [6.45, 7) is 3.95. The number of carbonyl (C=O) groups excluding carboxylic acids is 1. The van der Waals surface area contributed by atoms with E-state index in [1.165, 1.54) is 18.6 Å². The first kappa shape index (κ1) is 19.6. The Balaban J connectivity index is 1.70. The van der Waals surface area contributed by atoms with Gasteiger partial charge in [0.2, 0.25) is 10.0 Å². The van der Waals surface area contributed by atoms with Gasteiger partial charge in [-0.3, -0.25) is 4.79 Å². The number of carbonyl (C=O) groups is 1. The van der Waals surface area contributed by atoms with E-state index >= 15 is 0 Å². The molecule has 1 aliphatic carbocycles.